The van der Waals surface area contributed by atoms with E-state index in [1.807, 2.05) is 0 Å². The number of benzene rings is 1. The summed E-state index contributed by atoms with van der Waals surface area (Å²) in [5.41, 5.74) is 4.06. The van der Waals surface area contributed by atoms with E-state index in [0.717, 1.165) is 19.1 Å². The van der Waals surface area contributed by atoms with Crippen LogP contribution in [0, 0.1) is 6.92 Å². The van der Waals surface area contributed by atoms with Crippen molar-refractivity contribution in [1.82, 2.24) is 0 Å². The van der Waals surface area contributed by atoms with Crippen LogP contribution in [0.4, 0.5) is 0 Å². The molecule has 1 nitrogen and oxygen atoms in total. The number of aldehydes is 1. The summed E-state index contributed by atoms with van der Waals surface area (Å²) in [5.74, 6) is 0. The Morgan fingerprint density at radius 3 is 2.62 bits per heavy atom. The molecule has 0 spiro atoms. The van der Waals surface area contributed by atoms with Gasteiger partial charge in [0, 0.05) is 6.42 Å². The number of hydrogen-bond acceptors (Lipinski definition) is 1. The van der Waals surface area contributed by atoms with Crippen molar-refractivity contribution in [2.75, 3.05) is 0 Å². The van der Waals surface area contributed by atoms with Gasteiger partial charge in [-0.25, -0.2) is 0 Å². The van der Waals surface area contributed by atoms with E-state index in [2.05, 4.69) is 32.0 Å². The Bertz CT molecular complexity index is 289. The Kier molecular flexibility index (Phi) is 3.69. The van der Waals surface area contributed by atoms with Crippen LogP contribution in [0.1, 0.15) is 30.0 Å². The summed E-state index contributed by atoms with van der Waals surface area (Å²) in [7, 11) is 0. The average Bonchev–Trinajstić information content (AvgIpc) is 2.16. The second kappa shape index (κ2) is 4.80. The maximum Gasteiger partial charge on any atom is 0.120 e. The molecule has 0 heterocycles. The second-order valence-electron chi connectivity index (χ2n) is 3.26. The molecule has 13 heavy (non-hydrogen) atoms. The third kappa shape index (κ3) is 2.41. The molecule has 1 aromatic carbocycles. The van der Waals surface area contributed by atoms with Gasteiger partial charge < -0.3 is 4.79 Å². The molecule has 1 heteroatoms. The molecule has 0 unspecified atom stereocenters. The Balaban J connectivity index is 2.87. The molecule has 1 aromatic rings. The zero-order chi connectivity index (χ0) is 9.68. The van der Waals surface area contributed by atoms with Gasteiger partial charge in [-0.2, -0.15) is 0 Å². The third-order valence-electron chi connectivity index (χ3n) is 2.47. The minimum absolute atomic E-state index is 0.633. The van der Waals surface area contributed by atoms with E-state index in [1.54, 1.807) is 0 Å². The van der Waals surface area contributed by atoms with Gasteiger partial charge in [-0.05, 0) is 36.5 Å². The molecule has 0 aliphatic carbocycles. The number of carbonyl (C=O) groups is 1. The van der Waals surface area contributed by atoms with Crippen molar-refractivity contribution in [3.63, 3.8) is 0 Å². The highest BCUT2D eigenvalue weighted by Gasteiger charge is 2.01. The van der Waals surface area contributed by atoms with Gasteiger partial charge in [0.2, 0.25) is 0 Å². The molecule has 70 valence electrons. The van der Waals surface area contributed by atoms with Crippen LogP contribution < -0.4 is 0 Å². The highest BCUT2D eigenvalue weighted by atomic mass is 16.1. The standard InChI is InChI=1S/C12H16O/c1-3-11-6-4-7-12(10(11)2)8-5-9-13/h4,6-7,9H,3,5,8H2,1-2H3. The van der Waals surface area contributed by atoms with E-state index in [-0.39, 0.29) is 0 Å². The van der Waals surface area contributed by atoms with E-state index in [9.17, 15) is 4.79 Å². The van der Waals surface area contributed by atoms with Crippen molar-refractivity contribution in [3.8, 4) is 0 Å². The van der Waals surface area contributed by atoms with Crippen LogP contribution in [-0.4, -0.2) is 6.29 Å². The summed E-state index contributed by atoms with van der Waals surface area (Å²) in [6.07, 6.45) is 3.57. The van der Waals surface area contributed by atoms with E-state index in [4.69, 9.17) is 0 Å². The quantitative estimate of drug-likeness (QED) is 0.645. The smallest absolute Gasteiger partial charge is 0.120 e. The molecule has 0 amide bonds. The summed E-state index contributed by atoms with van der Waals surface area (Å²) in [4.78, 5) is 10.2. The highest BCUT2D eigenvalue weighted by molar-refractivity contribution is 5.50. The Hall–Kier alpha value is -1.11. The normalized spacial score (nSPS) is 10.0. The fourth-order valence-electron chi connectivity index (χ4n) is 1.60. The van der Waals surface area contributed by atoms with Crippen LogP contribution in [-0.2, 0) is 17.6 Å². The van der Waals surface area contributed by atoms with Gasteiger partial charge in [0.25, 0.3) is 0 Å². The van der Waals surface area contributed by atoms with Crippen LogP contribution in [0.15, 0.2) is 18.2 Å². The van der Waals surface area contributed by atoms with Crippen LogP contribution in [0.3, 0.4) is 0 Å². The first-order chi connectivity index (χ1) is 6.29. The topological polar surface area (TPSA) is 17.1 Å². The molecule has 0 aliphatic rings. The van der Waals surface area contributed by atoms with E-state index in [1.165, 1.54) is 16.7 Å². The zero-order valence-corrected chi connectivity index (χ0v) is 8.34. The van der Waals surface area contributed by atoms with Crippen LogP contribution in [0.5, 0.6) is 0 Å². The van der Waals surface area contributed by atoms with Crippen LogP contribution in [0.2, 0.25) is 0 Å². The van der Waals surface area contributed by atoms with Gasteiger partial charge in [-0.1, -0.05) is 25.1 Å². The van der Waals surface area contributed by atoms with Crippen LogP contribution >= 0.6 is 0 Å². The Morgan fingerprint density at radius 1 is 1.31 bits per heavy atom. The van der Waals surface area contributed by atoms with Gasteiger partial charge >= 0.3 is 0 Å². The molecule has 1 rings (SSSR count). The fraction of sp³-hybridized carbons (Fsp3) is 0.417. The number of hydrogen-bond donors (Lipinski definition) is 0. The number of rotatable bonds is 4. The number of aryl methyl sites for hydroxylation is 2. The maximum absolute atomic E-state index is 10.2. The summed E-state index contributed by atoms with van der Waals surface area (Å²) < 4.78 is 0. The molecule has 0 radical (unpaired) electrons. The van der Waals surface area contributed by atoms with E-state index >= 15 is 0 Å². The lowest BCUT2D eigenvalue weighted by molar-refractivity contribution is -0.107. The fourth-order valence-corrected chi connectivity index (χ4v) is 1.60. The molecule has 0 N–H and O–H groups in total. The van der Waals surface area contributed by atoms with E-state index in [0.29, 0.717) is 6.42 Å². The monoisotopic (exact) mass is 176 g/mol. The largest absolute Gasteiger partial charge is 0.303 e. The number of carbonyl (C=O) groups excluding carboxylic acids is 1. The lowest BCUT2D eigenvalue weighted by atomic mass is 9.98. The Labute approximate surface area is 79.8 Å². The lowest BCUT2D eigenvalue weighted by Gasteiger charge is -2.08. The predicted octanol–water partition coefficient (Wildman–Crippen LogP) is 2.69. The molecule has 0 saturated carbocycles. The molecule has 0 saturated heterocycles. The first-order valence-corrected chi connectivity index (χ1v) is 4.80. The Morgan fingerprint density at radius 2 is 2.00 bits per heavy atom. The zero-order valence-electron chi connectivity index (χ0n) is 8.34. The van der Waals surface area contributed by atoms with Gasteiger partial charge in [0.15, 0.2) is 0 Å². The van der Waals surface area contributed by atoms with Gasteiger partial charge in [-0.15, -0.1) is 0 Å². The first kappa shape index (κ1) is 9.97. The minimum Gasteiger partial charge on any atom is -0.303 e. The van der Waals surface area contributed by atoms with Crippen molar-refractivity contribution >= 4 is 6.29 Å². The molecule has 0 aliphatic heterocycles. The van der Waals surface area contributed by atoms with Crippen molar-refractivity contribution in [1.29, 1.82) is 0 Å². The van der Waals surface area contributed by atoms with Crippen molar-refractivity contribution in [3.05, 3.63) is 34.9 Å². The van der Waals surface area contributed by atoms with Crippen molar-refractivity contribution in [2.24, 2.45) is 0 Å². The second-order valence-corrected chi connectivity index (χ2v) is 3.26. The SMILES string of the molecule is CCc1cccc(CCC=O)c1C. The highest BCUT2D eigenvalue weighted by Crippen LogP contribution is 2.15. The summed E-state index contributed by atoms with van der Waals surface area (Å²) in [6.45, 7) is 4.30. The molecule has 0 fully saturated rings. The first-order valence-electron chi connectivity index (χ1n) is 4.80. The van der Waals surface area contributed by atoms with Crippen molar-refractivity contribution in [2.45, 2.75) is 33.1 Å². The average molecular weight is 176 g/mol. The molecule has 0 bridgehead atoms. The maximum atomic E-state index is 10.2. The summed E-state index contributed by atoms with van der Waals surface area (Å²) in [6, 6.07) is 6.34. The van der Waals surface area contributed by atoms with Crippen molar-refractivity contribution < 1.29 is 4.79 Å². The van der Waals surface area contributed by atoms with Crippen LogP contribution in [0.25, 0.3) is 0 Å². The molecule has 0 aromatic heterocycles. The molecule has 0 atom stereocenters. The predicted molar refractivity (Wildman–Crippen MR) is 54.9 cm³/mol. The van der Waals surface area contributed by atoms with E-state index < -0.39 is 0 Å². The van der Waals surface area contributed by atoms with Gasteiger partial charge in [0.1, 0.15) is 6.29 Å². The minimum atomic E-state index is 0.633. The van der Waals surface area contributed by atoms with Gasteiger partial charge in [0.05, 0.1) is 0 Å². The summed E-state index contributed by atoms with van der Waals surface area (Å²) in [5, 5.41) is 0. The third-order valence-corrected chi connectivity index (χ3v) is 2.47. The van der Waals surface area contributed by atoms with Gasteiger partial charge in [-0.3, -0.25) is 0 Å². The summed E-state index contributed by atoms with van der Waals surface area (Å²) >= 11 is 0. The molecular formula is C12H16O. The lowest BCUT2D eigenvalue weighted by Crippen LogP contribution is -1.94. The molecular weight excluding hydrogens is 160 g/mol.